The minimum atomic E-state index is -0.229. The number of hydrogen-bond acceptors (Lipinski definition) is 4. The molecule has 0 spiro atoms. The first-order chi connectivity index (χ1) is 14.2. The predicted octanol–water partition coefficient (Wildman–Crippen LogP) is 3.24. The number of nitrogens with one attached hydrogen (secondary N) is 2. The zero-order chi connectivity index (χ0) is 20.3. The van der Waals surface area contributed by atoms with Gasteiger partial charge in [-0.15, -0.1) is 0 Å². The highest BCUT2D eigenvalue weighted by atomic mass is 16.5. The van der Waals surface area contributed by atoms with Crippen molar-refractivity contribution >= 4 is 17.9 Å². The fourth-order valence-electron chi connectivity index (χ4n) is 3.21. The highest BCUT2D eigenvalue weighted by Gasteiger charge is 2.16. The summed E-state index contributed by atoms with van der Waals surface area (Å²) in [7, 11) is 0. The molecule has 0 unspecified atom stereocenters. The van der Waals surface area contributed by atoms with Crippen LogP contribution in [0.2, 0.25) is 0 Å². The standard InChI is InChI=1S/C23H27N3O3/c27-22(25-14-12-23(28)26-17-19-6-4-13-24-16-19)11-10-18-5-3-9-21(15-18)29-20-7-1-2-8-20/h3-6,9-11,13,15-16,20H,1-2,7-8,12,14,17H2,(H,25,27)(H,26,28). The number of benzene rings is 1. The largest absolute Gasteiger partial charge is 0.490 e. The third-order valence-electron chi connectivity index (χ3n) is 4.75. The van der Waals surface area contributed by atoms with E-state index in [-0.39, 0.29) is 24.8 Å². The minimum Gasteiger partial charge on any atom is -0.490 e. The van der Waals surface area contributed by atoms with Crippen molar-refractivity contribution in [2.75, 3.05) is 6.54 Å². The molecular weight excluding hydrogens is 366 g/mol. The average molecular weight is 393 g/mol. The summed E-state index contributed by atoms with van der Waals surface area (Å²) < 4.78 is 5.99. The molecule has 1 heterocycles. The van der Waals surface area contributed by atoms with Gasteiger partial charge in [-0.1, -0.05) is 18.2 Å². The summed E-state index contributed by atoms with van der Waals surface area (Å²) in [5, 5.41) is 5.53. The number of carbonyl (C=O) groups is 2. The lowest BCUT2D eigenvalue weighted by molar-refractivity contribution is -0.121. The molecule has 0 atom stereocenters. The number of rotatable bonds is 9. The average Bonchev–Trinajstić information content (AvgIpc) is 3.25. The van der Waals surface area contributed by atoms with Crippen LogP contribution in [-0.2, 0) is 16.1 Å². The van der Waals surface area contributed by atoms with Gasteiger partial charge in [-0.25, -0.2) is 0 Å². The summed E-state index contributed by atoms with van der Waals surface area (Å²) in [4.78, 5) is 27.8. The van der Waals surface area contributed by atoms with Crippen molar-refractivity contribution in [2.24, 2.45) is 0 Å². The Morgan fingerprint density at radius 2 is 2.00 bits per heavy atom. The number of aromatic nitrogens is 1. The van der Waals surface area contributed by atoms with Crippen LogP contribution >= 0.6 is 0 Å². The van der Waals surface area contributed by atoms with Gasteiger partial charge in [0.05, 0.1) is 6.10 Å². The highest BCUT2D eigenvalue weighted by molar-refractivity contribution is 5.92. The molecule has 1 aliphatic rings. The second-order valence-corrected chi connectivity index (χ2v) is 7.11. The van der Waals surface area contributed by atoms with Gasteiger partial charge in [0.25, 0.3) is 0 Å². The van der Waals surface area contributed by atoms with Crippen LogP contribution < -0.4 is 15.4 Å². The molecule has 2 amide bonds. The lowest BCUT2D eigenvalue weighted by atomic mass is 10.2. The van der Waals surface area contributed by atoms with Crippen LogP contribution in [-0.4, -0.2) is 29.4 Å². The van der Waals surface area contributed by atoms with E-state index >= 15 is 0 Å². The summed E-state index contributed by atoms with van der Waals surface area (Å²) in [5.41, 5.74) is 1.84. The lowest BCUT2D eigenvalue weighted by Gasteiger charge is -2.13. The van der Waals surface area contributed by atoms with E-state index in [0.29, 0.717) is 12.6 Å². The first-order valence-corrected chi connectivity index (χ1v) is 10.1. The van der Waals surface area contributed by atoms with Gasteiger partial charge in [0.2, 0.25) is 11.8 Å². The Labute approximate surface area is 171 Å². The van der Waals surface area contributed by atoms with Gasteiger partial charge in [-0.2, -0.15) is 0 Å². The van der Waals surface area contributed by atoms with Crippen molar-refractivity contribution in [1.29, 1.82) is 0 Å². The van der Waals surface area contributed by atoms with Gasteiger partial charge in [0, 0.05) is 38.0 Å². The normalized spacial score (nSPS) is 14.1. The number of ether oxygens (including phenoxy) is 1. The van der Waals surface area contributed by atoms with Crippen LogP contribution in [0.1, 0.15) is 43.2 Å². The molecule has 0 aliphatic heterocycles. The van der Waals surface area contributed by atoms with Crippen molar-refractivity contribution < 1.29 is 14.3 Å². The van der Waals surface area contributed by atoms with Crippen LogP contribution in [0.15, 0.2) is 54.9 Å². The van der Waals surface area contributed by atoms with E-state index in [1.807, 2.05) is 36.4 Å². The van der Waals surface area contributed by atoms with Gasteiger partial charge in [-0.3, -0.25) is 14.6 Å². The molecule has 2 aromatic rings. The summed E-state index contributed by atoms with van der Waals surface area (Å²) in [6, 6.07) is 11.5. The smallest absolute Gasteiger partial charge is 0.244 e. The first-order valence-electron chi connectivity index (χ1n) is 10.1. The maximum atomic E-state index is 12.0. The van der Waals surface area contributed by atoms with E-state index in [2.05, 4.69) is 15.6 Å². The number of carbonyl (C=O) groups excluding carboxylic acids is 2. The molecule has 1 fully saturated rings. The van der Waals surface area contributed by atoms with Gasteiger partial charge < -0.3 is 15.4 Å². The van der Waals surface area contributed by atoms with E-state index in [1.165, 1.54) is 18.9 Å². The molecule has 29 heavy (non-hydrogen) atoms. The van der Waals surface area contributed by atoms with Crippen LogP contribution in [0.3, 0.4) is 0 Å². The molecule has 3 rings (SSSR count). The Morgan fingerprint density at radius 1 is 1.14 bits per heavy atom. The summed E-state index contributed by atoms with van der Waals surface area (Å²) >= 11 is 0. The predicted molar refractivity (Wildman–Crippen MR) is 112 cm³/mol. The van der Waals surface area contributed by atoms with Crippen molar-refractivity contribution in [3.8, 4) is 5.75 Å². The number of hydrogen-bond donors (Lipinski definition) is 2. The molecule has 1 aromatic carbocycles. The van der Waals surface area contributed by atoms with Gasteiger partial charge in [0.1, 0.15) is 5.75 Å². The van der Waals surface area contributed by atoms with Gasteiger partial charge in [0.15, 0.2) is 0 Å². The third kappa shape index (κ3) is 7.41. The monoisotopic (exact) mass is 393 g/mol. The molecule has 152 valence electrons. The lowest BCUT2D eigenvalue weighted by Crippen LogP contribution is -2.29. The zero-order valence-electron chi connectivity index (χ0n) is 16.5. The topological polar surface area (TPSA) is 80.3 Å². The van der Waals surface area contributed by atoms with Crippen LogP contribution in [0.25, 0.3) is 6.08 Å². The van der Waals surface area contributed by atoms with E-state index in [0.717, 1.165) is 29.7 Å². The van der Waals surface area contributed by atoms with E-state index in [9.17, 15) is 9.59 Å². The Kier molecular flexibility index (Phi) is 7.81. The molecule has 6 nitrogen and oxygen atoms in total. The molecule has 6 heteroatoms. The van der Waals surface area contributed by atoms with Crippen molar-refractivity contribution in [3.63, 3.8) is 0 Å². The second-order valence-electron chi connectivity index (χ2n) is 7.11. The third-order valence-corrected chi connectivity index (χ3v) is 4.75. The first kappa shape index (κ1) is 20.6. The molecule has 2 N–H and O–H groups in total. The SMILES string of the molecule is O=C(C=Cc1cccc(OC2CCCC2)c1)NCCC(=O)NCc1cccnc1. The molecule has 0 saturated heterocycles. The summed E-state index contributed by atoms with van der Waals surface area (Å²) in [6.45, 7) is 0.715. The van der Waals surface area contributed by atoms with Crippen LogP contribution in [0.5, 0.6) is 5.75 Å². The molecular formula is C23H27N3O3. The fraction of sp³-hybridized carbons (Fsp3) is 0.348. The van der Waals surface area contributed by atoms with Crippen LogP contribution in [0, 0.1) is 0 Å². The summed E-state index contributed by atoms with van der Waals surface area (Å²) in [6.07, 6.45) is 11.8. The molecule has 0 bridgehead atoms. The molecule has 1 aromatic heterocycles. The quantitative estimate of drug-likeness (QED) is 0.641. The highest BCUT2D eigenvalue weighted by Crippen LogP contribution is 2.24. The maximum absolute atomic E-state index is 12.0. The van der Waals surface area contributed by atoms with E-state index in [1.54, 1.807) is 18.5 Å². The molecule has 1 aliphatic carbocycles. The zero-order valence-corrected chi connectivity index (χ0v) is 16.5. The molecule has 0 radical (unpaired) electrons. The second kappa shape index (κ2) is 11.0. The van der Waals surface area contributed by atoms with Crippen molar-refractivity contribution in [1.82, 2.24) is 15.6 Å². The summed E-state index contributed by atoms with van der Waals surface area (Å²) in [5.74, 6) is 0.492. The number of pyridine rings is 1. The maximum Gasteiger partial charge on any atom is 0.244 e. The Hall–Kier alpha value is -3.15. The molecule has 1 saturated carbocycles. The van der Waals surface area contributed by atoms with Crippen molar-refractivity contribution in [3.05, 3.63) is 66.0 Å². The van der Waals surface area contributed by atoms with E-state index in [4.69, 9.17) is 4.74 Å². The Bertz CT molecular complexity index is 830. The van der Waals surface area contributed by atoms with E-state index < -0.39 is 0 Å². The van der Waals surface area contributed by atoms with Crippen LogP contribution in [0.4, 0.5) is 0 Å². The number of nitrogens with zero attached hydrogens (tertiary/aromatic N) is 1. The van der Waals surface area contributed by atoms with Crippen molar-refractivity contribution in [2.45, 2.75) is 44.8 Å². The minimum absolute atomic E-state index is 0.116. The number of amides is 2. The Balaban J connectivity index is 1.36. The van der Waals surface area contributed by atoms with Gasteiger partial charge in [-0.05, 0) is 61.1 Å². The van der Waals surface area contributed by atoms with Gasteiger partial charge >= 0.3 is 0 Å². The fourth-order valence-corrected chi connectivity index (χ4v) is 3.21. The Morgan fingerprint density at radius 3 is 2.79 bits per heavy atom.